The molecule has 1 saturated heterocycles. The van der Waals surface area contributed by atoms with Gasteiger partial charge in [0.15, 0.2) is 0 Å². The summed E-state index contributed by atoms with van der Waals surface area (Å²) >= 11 is 11.8. The van der Waals surface area contributed by atoms with Crippen molar-refractivity contribution in [3.63, 3.8) is 0 Å². The van der Waals surface area contributed by atoms with E-state index in [0.717, 1.165) is 0 Å². The molecule has 4 nitrogen and oxygen atoms in total. The van der Waals surface area contributed by atoms with Crippen molar-refractivity contribution in [3.8, 4) is 0 Å². The molecule has 0 spiro atoms. The Bertz CT molecular complexity index is 519. The molecular weight excluding hydrogens is 275 g/mol. The first-order valence-electron chi connectivity index (χ1n) is 5.44. The first-order chi connectivity index (χ1) is 8.40. The average Bonchev–Trinajstić information content (AvgIpc) is 2.65. The van der Waals surface area contributed by atoms with Crippen LogP contribution < -0.4 is 10.6 Å². The molecule has 0 aromatic heterocycles. The second kappa shape index (κ2) is 4.78. The number of amides is 2. The summed E-state index contributed by atoms with van der Waals surface area (Å²) in [6, 6.07) is 4.83. The van der Waals surface area contributed by atoms with Crippen molar-refractivity contribution >= 4 is 40.7 Å². The number of carbonyl (C=O) groups is 2. The van der Waals surface area contributed by atoms with Gasteiger partial charge in [-0.2, -0.15) is 0 Å². The number of hydrogen-bond donors (Lipinski definition) is 2. The summed E-state index contributed by atoms with van der Waals surface area (Å²) in [5, 5.41) is 6.25. The Kier molecular flexibility index (Phi) is 3.50. The van der Waals surface area contributed by atoms with Gasteiger partial charge in [-0.1, -0.05) is 23.2 Å². The van der Waals surface area contributed by atoms with Gasteiger partial charge in [0.25, 0.3) is 0 Å². The molecule has 1 aromatic rings. The van der Waals surface area contributed by atoms with Crippen LogP contribution in [0, 0.1) is 5.41 Å². The zero-order chi connectivity index (χ0) is 13.3. The fourth-order valence-electron chi connectivity index (χ4n) is 1.80. The third-order valence-corrected chi connectivity index (χ3v) is 3.52. The van der Waals surface area contributed by atoms with Crippen LogP contribution >= 0.6 is 23.2 Å². The maximum Gasteiger partial charge on any atom is 0.232 e. The Morgan fingerprint density at radius 2 is 2.17 bits per heavy atom. The second-order valence-corrected chi connectivity index (χ2v) is 5.44. The van der Waals surface area contributed by atoms with Crippen molar-refractivity contribution in [2.24, 2.45) is 5.41 Å². The topological polar surface area (TPSA) is 58.2 Å². The molecule has 6 heteroatoms. The van der Waals surface area contributed by atoms with Crippen LogP contribution in [-0.2, 0) is 9.59 Å². The van der Waals surface area contributed by atoms with E-state index in [-0.39, 0.29) is 18.2 Å². The maximum absolute atomic E-state index is 12.1. The molecule has 0 aliphatic carbocycles. The quantitative estimate of drug-likeness (QED) is 0.877. The van der Waals surface area contributed by atoms with Gasteiger partial charge in [0.2, 0.25) is 11.8 Å². The van der Waals surface area contributed by atoms with Gasteiger partial charge in [0.05, 0.1) is 16.1 Å². The Labute approximate surface area is 115 Å². The van der Waals surface area contributed by atoms with Gasteiger partial charge in [0, 0.05) is 18.0 Å². The molecule has 2 amide bonds. The van der Waals surface area contributed by atoms with Crippen LogP contribution in [0.15, 0.2) is 18.2 Å². The minimum Gasteiger partial charge on any atom is -0.355 e. The molecule has 1 aromatic carbocycles. The monoisotopic (exact) mass is 286 g/mol. The first-order valence-corrected chi connectivity index (χ1v) is 6.19. The lowest BCUT2D eigenvalue weighted by molar-refractivity contribution is -0.126. The molecule has 1 aliphatic heterocycles. The van der Waals surface area contributed by atoms with E-state index in [1.165, 1.54) is 0 Å². The van der Waals surface area contributed by atoms with E-state index in [4.69, 9.17) is 23.2 Å². The molecular formula is C12H12Cl2N2O2. The predicted octanol–water partition coefficient (Wildman–Crippen LogP) is 2.46. The number of nitrogens with one attached hydrogen (secondary N) is 2. The molecule has 18 heavy (non-hydrogen) atoms. The fraction of sp³-hybridized carbons (Fsp3) is 0.333. The molecule has 1 atom stereocenters. The largest absolute Gasteiger partial charge is 0.355 e. The zero-order valence-electron chi connectivity index (χ0n) is 9.72. The van der Waals surface area contributed by atoms with Gasteiger partial charge in [-0.25, -0.2) is 0 Å². The van der Waals surface area contributed by atoms with Crippen LogP contribution in [0.3, 0.4) is 0 Å². The number of benzene rings is 1. The van der Waals surface area contributed by atoms with Crippen molar-refractivity contribution in [2.45, 2.75) is 13.3 Å². The SMILES string of the molecule is CC1(C(=O)Nc2cc(Cl)ccc2Cl)CNC(=O)C1. The van der Waals surface area contributed by atoms with E-state index in [2.05, 4.69) is 10.6 Å². The van der Waals surface area contributed by atoms with Crippen molar-refractivity contribution in [2.75, 3.05) is 11.9 Å². The van der Waals surface area contributed by atoms with Gasteiger partial charge >= 0.3 is 0 Å². The van der Waals surface area contributed by atoms with Crippen molar-refractivity contribution in [1.82, 2.24) is 5.32 Å². The van der Waals surface area contributed by atoms with E-state index in [9.17, 15) is 9.59 Å². The summed E-state index contributed by atoms with van der Waals surface area (Å²) in [4.78, 5) is 23.3. The highest BCUT2D eigenvalue weighted by molar-refractivity contribution is 6.35. The number of rotatable bonds is 2. The molecule has 2 rings (SSSR count). The van der Waals surface area contributed by atoms with Crippen LogP contribution in [0.5, 0.6) is 0 Å². The zero-order valence-corrected chi connectivity index (χ0v) is 11.2. The van der Waals surface area contributed by atoms with Gasteiger partial charge in [0.1, 0.15) is 0 Å². The minimum atomic E-state index is -0.747. The molecule has 1 aliphatic rings. The van der Waals surface area contributed by atoms with E-state index in [1.54, 1.807) is 25.1 Å². The lowest BCUT2D eigenvalue weighted by Gasteiger charge is -2.20. The molecule has 1 unspecified atom stereocenters. The number of halogens is 2. The number of hydrogen-bond acceptors (Lipinski definition) is 2. The highest BCUT2D eigenvalue weighted by Gasteiger charge is 2.40. The molecule has 0 saturated carbocycles. The van der Waals surface area contributed by atoms with Gasteiger partial charge in [-0.05, 0) is 25.1 Å². The first kappa shape index (κ1) is 13.2. The van der Waals surface area contributed by atoms with Crippen LogP contribution in [0.2, 0.25) is 10.0 Å². The summed E-state index contributed by atoms with van der Waals surface area (Å²) < 4.78 is 0. The smallest absolute Gasteiger partial charge is 0.232 e. The van der Waals surface area contributed by atoms with Crippen molar-refractivity contribution in [3.05, 3.63) is 28.2 Å². The second-order valence-electron chi connectivity index (χ2n) is 4.59. The van der Waals surface area contributed by atoms with Crippen molar-refractivity contribution in [1.29, 1.82) is 0 Å². The van der Waals surface area contributed by atoms with E-state index in [1.807, 2.05) is 0 Å². The van der Waals surface area contributed by atoms with Gasteiger partial charge in [-0.3, -0.25) is 9.59 Å². The molecule has 0 bridgehead atoms. The predicted molar refractivity (Wildman–Crippen MR) is 70.8 cm³/mol. The summed E-state index contributed by atoms with van der Waals surface area (Å²) in [6.45, 7) is 2.06. The third kappa shape index (κ3) is 2.60. The lowest BCUT2D eigenvalue weighted by atomic mass is 9.88. The van der Waals surface area contributed by atoms with Gasteiger partial charge in [-0.15, -0.1) is 0 Å². The Morgan fingerprint density at radius 3 is 2.78 bits per heavy atom. The maximum atomic E-state index is 12.1. The Morgan fingerprint density at radius 1 is 1.44 bits per heavy atom. The highest BCUT2D eigenvalue weighted by Crippen LogP contribution is 2.30. The summed E-state index contributed by atoms with van der Waals surface area (Å²) in [6.07, 6.45) is 0.178. The minimum absolute atomic E-state index is 0.121. The summed E-state index contributed by atoms with van der Waals surface area (Å²) in [7, 11) is 0. The standard InChI is InChI=1S/C12H12Cl2N2O2/c1-12(5-10(17)15-6-12)11(18)16-9-4-7(13)2-3-8(9)14/h2-4H,5-6H2,1H3,(H,15,17)(H,16,18). The molecule has 1 heterocycles. The third-order valence-electron chi connectivity index (χ3n) is 2.95. The van der Waals surface area contributed by atoms with Crippen LogP contribution in [0.25, 0.3) is 0 Å². The van der Waals surface area contributed by atoms with Crippen molar-refractivity contribution < 1.29 is 9.59 Å². The number of anilines is 1. The normalized spacial score (nSPS) is 22.7. The Hall–Kier alpha value is -1.26. The van der Waals surface area contributed by atoms with E-state index >= 15 is 0 Å². The summed E-state index contributed by atoms with van der Waals surface area (Å²) in [5.74, 6) is -0.366. The molecule has 96 valence electrons. The van der Waals surface area contributed by atoms with Crippen LogP contribution in [0.4, 0.5) is 5.69 Å². The molecule has 0 radical (unpaired) electrons. The molecule has 1 fully saturated rings. The average molecular weight is 287 g/mol. The van der Waals surface area contributed by atoms with Gasteiger partial charge < -0.3 is 10.6 Å². The van der Waals surface area contributed by atoms with Crippen LogP contribution in [0.1, 0.15) is 13.3 Å². The molecule has 2 N–H and O–H groups in total. The number of carbonyl (C=O) groups excluding carboxylic acids is 2. The van der Waals surface area contributed by atoms with E-state index < -0.39 is 5.41 Å². The lowest BCUT2D eigenvalue weighted by Crippen LogP contribution is -2.35. The van der Waals surface area contributed by atoms with Crippen LogP contribution in [-0.4, -0.2) is 18.4 Å². The Balaban J connectivity index is 2.16. The fourth-order valence-corrected chi connectivity index (χ4v) is 2.14. The highest BCUT2D eigenvalue weighted by atomic mass is 35.5. The summed E-state index contributed by atoms with van der Waals surface area (Å²) in [5.41, 5.74) is -0.294. The van der Waals surface area contributed by atoms with E-state index in [0.29, 0.717) is 22.3 Å².